The van der Waals surface area contributed by atoms with Gasteiger partial charge in [-0.3, -0.25) is 9.48 Å². The molecule has 1 amide bonds. The van der Waals surface area contributed by atoms with Crippen LogP contribution in [0, 0.1) is 6.92 Å². The van der Waals surface area contributed by atoms with E-state index in [1.165, 1.54) is 0 Å². The Kier molecular flexibility index (Phi) is 4.32. The first-order valence-corrected chi connectivity index (χ1v) is 7.24. The van der Waals surface area contributed by atoms with Crippen LogP contribution in [0.25, 0.3) is 0 Å². The number of rotatable bonds is 3. The average molecular weight is 279 g/mol. The molecule has 1 aromatic heterocycles. The number of hydrogen-bond donors (Lipinski definition) is 1. The zero-order valence-electron chi connectivity index (χ0n) is 12.9. The maximum absolute atomic E-state index is 12.7. The van der Waals surface area contributed by atoms with E-state index in [1.54, 1.807) is 4.68 Å². The maximum atomic E-state index is 12.7. The predicted molar refractivity (Wildman–Crippen MR) is 79.7 cm³/mol. The van der Waals surface area contributed by atoms with Gasteiger partial charge in [0, 0.05) is 25.7 Å². The van der Waals surface area contributed by atoms with Gasteiger partial charge in [0.2, 0.25) is 0 Å². The predicted octanol–water partition coefficient (Wildman–Crippen LogP) is 0.960. The number of amides is 1. The van der Waals surface area contributed by atoms with Gasteiger partial charge in [-0.15, -0.1) is 0 Å². The minimum atomic E-state index is 0.0159. The first-order chi connectivity index (χ1) is 9.45. The normalized spacial score (nSPS) is 16.9. The average Bonchev–Trinajstić information content (AvgIpc) is 2.73. The lowest BCUT2D eigenvalue weighted by molar-refractivity contribution is 0.0652. The van der Waals surface area contributed by atoms with Gasteiger partial charge in [-0.1, -0.05) is 0 Å². The summed E-state index contributed by atoms with van der Waals surface area (Å²) in [4.78, 5) is 16.8. The highest BCUT2D eigenvalue weighted by atomic mass is 16.2. The van der Waals surface area contributed by atoms with Crippen LogP contribution in [0.5, 0.6) is 0 Å². The highest BCUT2D eigenvalue weighted by Gasteiger charge is 2.28. The lowest BCUT2D eigenvalue weighted by atomic mass is 10.0. The summed E-state index contributed by atoms with van der Waals surface area (Å²) in [6.45, 7) is 6.05. The molecule has 1 fully saturated rings. The van der Waals surface area contributed by atoms with Gasteiger partial charge in [0.1, 0.15) is 5.69 Å². The van der Waals surface area contributed by atoms with Crippen LogP contribution in [0.3, 0.4) is 0 Å². The van der Waals surface area contributed by atoms with Gasteiger partial charge in [0.25, 0.3) is 5.91 Å². The third-order valence-electron chi connectivity index (χ3n) is 4.16. The van der Waals surface area contributed by atoms with Gasteiger partial charge in [0.15, 0.2) is 0 Å². The fraction of sp³-hybridized carbons (Fsp3) is 0.714. The monoisotopic (exact) mass is 279 g/mol. The number of anilines is 1. The van der Waals surface area contributed by atoms with Crippen molar-refractivity contribution in [1.82, 2.24) is 19.6 Å². The molecule has 0 bridgehead atoms. The fourth-order valence-electron chi connectivity index (χ4n) is 2.78. The Bertz CT molecular complexity index is 486. The number of likely N-dealkylation sites (tertiary alicyclic amines) is 1. The highest BCUT2D eigenvalue weighted by molar-refractivity contribution is 5.98. The Balaban J connectivity index is 2.13. The molecule has 2 N–H and O–H groups in total. The molecular formula is C14H25N5O. The molecule has 6 nitrogen and oxygen atoms in total. The summed E-state index contributed by atoms with van der Waals surface area (Å²) in [5.41, 5.74) is 7.83. The summed E-state index contributed by atoms with van der Waals surface area (Å²) in [7, 11) is 4.19. The summed E-state index contributed by atoms with van der Waals surface area (Å²) >= 11 is 0. The largest absolute Gasteiger partial charge is 0.395 e. The minimum Gasteiger partial charge on any atom is -0.395 e. The first kappa shape index (κ1) is 14.8. The second-order valence-corrected chi connectivity index (χ2v) is 5.65. The maximum Gasteiger partial charge on any atom is 0.274 e. The van der Waals surface area contributed by atoms with Crippen LogP contribution in [0.15, 0.2) is 0 Å². The van der Waals surface area contributed by atoms with Gasteiger partial charge in [-0.2, -0.15) is 5.10 Å². The van der Waals surface area contributed by atoms with Crippen LogP contribution in [0.2, 0.25) is 0 Å². The van der Waals surface area contributed by atoms with Crippen LogP contribution in [0.1, 0.15) is 35.9 Å². The van der Waals surface area contributed by atoms with Crippen molar-refractivity contribution in [2.24, 2.45) is 0 Å². The van der Waals surface area contributed by atoms with E-state index in [0.717, 1.165) is 31.6 Å². The van der Waals surface area contributed by atoms with Gasteiger partial charge < -0.3 is 15.5 Å². The van der Waals surface area contributed by atoms with Crippen LogP contribution in [0.4, 0.5) is 5.69 Å². The van der Waals surface area contributed by atoms with E-state index < -0.39 is 0 Å². The van der Waals surface area contributed by atoms with Gasteiger partial charge in [-0.05, 0) is 40.8 Å². The Morgan fingerprint density at radius 3 is 2.50 bits per heavy atom. The van der Waals surface area contributed by atoms with Crippen molar-refractivity contribution in [3.8, 4) is 0 Å². The van der Waals surface area contributed by atoms with E-state index in [2.05, 4.69) is 24.1 Å². The molecule has 1 aliphatic rings. The third-order valence-corrected chi connectivity index (χ3v) is 4.16. The minimum absolute atomic E-state index is 0.0159. The molecular weight excluding hydrogens is 254 g/mol. The number of aromatic nitrogens is 2. The van der Waals surface area contributed by atoms with Crippen LogP contribution < -0.4 is 5.73 Å². The number of piperidine rings is 1. The molecule has 0 saturated carbocycles. The van der Waals surface area contributed by atoms with E-state index in [-0.39, 0.29) is 5.91 Å². The molecule has 0 atom stereocenters. The van der Waals surface area contributed by atoms with Crippen LogP contribution >= 0.6 is 0 Å². The van der Waals surface area contributed by atoms with Crippen LogP contribution in [-0.2, 0) is 6.54 Å². The molecule has 1 aromatic rings. The number of nitrogens with zero attached hydrogens (tertiary/aromatic N) is 4. The number of aryl methyl sites for hydroxylation is 2. The summed E-state index contributed by atoms with van der Waals surface area (Å²) in [5.74, 6) is 0.0159. The number of carbonyl (C=O) groups excluding carboxylic acids is 1. The van der Waals surface area contributed by atoms with E-state index in [0.29, 0.717) is 24.0 Å². The van der Waals surface area contributed by atoms with E-state index in [1.807, 2.05) is 18.7 Å². The van der Waals surface area contributed by atoms with Gasteiger partial charge in [0.05, 0.1) is 11.4 Å². The summed E-state index contributed by atoms with van der Waals surface area (Å²) in [6.07, 6.45) is 2.02. The van der Waals surface area contributed by atoms with Crippen molar-refractivity contribution in [2.75, 3.05) is 32.9 Å². The Morgan fingerprint density at radius 1 is 1.40 bits per heavy atom. The molecule has 112 valence electrons. The van der Waals surface area contributed by atoms with Gasteiger partial charge >= 0.3 is 0 Å². The standard InChI is InChI=1S/C14H25N5O/c1-5-19-13(12(15)10(2)16-19)14(20)18-8-6-11(7-9-18)17(3)4/h11H,5-9,15H2,1-4H3. The van der Waals surface area contributed by atoms with E-state index in [4.69, 9.17) is 5.73 Å². The lowest BCUT2D eigenvalue weighted by Gasteiger charge is -2.35. The molecule has 2 rings (SSSR count). The SMILES string of the molecule is CCn1nc(C)c(N)c1C(=O)N1CCC(N(C)C)CC1. The summed E-state index contributed by atoms with van der Waals surface area (Å²) < 4.78 is 1.71. The molecule has 0 aliphatic carbocycles. The number of nitrogens with two attached hydrogens (primary N) is 1. The molecule has 1 saturated heterocycles. The second-order valence-electron chi connectivity index (χ2n) is 5.65. The lowest BCUT2D eigenvalue weighted by Crippen LogP contribution is -2.45. The van der Waals surface area contributed by atoms with Crippen molar-refractivity contribution in [2.45, 2.75) is 39.3 Å². The summed E-state index contributed by atoms with van der Waals surface area (Å²) in [6, 6.07) is 0.564. The molecule has 6 heteroatoms. The number of hydrogen-bond acceptors (Lipinski definition) is 4. The molecule has 0 spiro atoms. The first-order valence-electron chi connectivity index (χ1n) is 7.24. The Morgan fingerprint density at radius 2 is 2.00 bits per heavy atom. The number of carbonyl (C=O) groups is 1. The molecule has 0 radical (unpaired) electrons. The quantitative estimate of drug-likeness (QED) is 0.895. The summed E-state index contributed by atoms with van der Waals surface area (Å²) in [5, 5.41) is 4.32. The zero-order valence-corrected chi connectivity index (χ0v) is 12.9. The van der Waals surface area contributed by atoms with Crippen molar-refractivity contribution < 1.29 is 4.79 Å². The molecule has 0 unspecified atom stereocenters. The van der Waals surface area contributed by atoms with E-state index >= 15 is 0 Å². The Labute approximate surface area is 120 Å². The van der Waals surface area contributed by atoms with E-state index in [9.17, 15) is 4.79 Å². The Hall–Kier alpha value is -1.56. The number of nitrogen functional groups attached to an aromatic ring is 1. The third kappa shape index (κ3) is 2.65. The van der Waals surface area contributed by atoms with Crippen molar-refractivity contribution in [3.63, 3.8) is 0 Å². The molecule has 20 heavy (non-hydrogen) atoms. The fourth-order valence-corrected chi connectivity index (χ4v) is 2.78. The molecule has 1 aliphatic heterocycles. The van der Waals surface area contributed by atoms with Gasteiger partial charge in [-0.25, -0.2) is 0 Å². The van der Waals surface area contributed by atoms with Crippen molar-refractivity contribution in [3.05, 3.63) is 11.4 Å². The van der Waals surface area contributed by atoms with Crippen molar-refractivity contribution >= 4 is 11.6 Å². The topological polar surface area (TPSA) is 67.4 Å². The van der Waals surface area contributed by atoms with Crippen LogP contribution in [-0.4, -0.2) is 58.7 Å². The second kappa shape index (κ2) is 5.83. The zero-order chi connectivity index (χ0) is 14.9. The van der Waals surface area contributed by atoms with Crippen molar-refractivity contribution in [1.29, 1.82) is 0 Å². The highest BCUT2D eigenvalue weighted by Crippen LogP contribution is 2.21. The molecule has 2 heterocycles. The molecule has 0 aromatic carbocycles. The smallest absolute Gasteiger partial charge is 0.274 e.